The van der Waals surface area contributed by atoms with E-state index in [4.69, 9.17) is 14.6 Å². The van der Waals surface area contributed by atoms with Crippen LogP contribution in [0, 0.1) is 0 Å². The van der Waals surface area contributed by atoms with Gasteiger partial charge in [0, 0.05) is 0 Å². The summed E-state index contributed by atoms with van der Waals surface area (Å²) in [5.41, 5.74) is 0.259. The maximum Gasteiger partial charge on any atom is 0.338 e. The standard InChI is InChI=1S/C14H13NO5S/c1-19-9-4-3-5-10(20-2)11(9)12(16)15-13-8(14(17)18)6-7-21-13/h3-7H,1-2H3,(H,15,16)(H,17,18). The minimum atomic E-state index is -1.10. The highest BCUT2D eigenvalue weighted by Gasteiger charge is 2.21. The highest BCUT2D eigenvalue weighted by Crippen LogP contribution is 2.30. The molecule has 1 heterocycles. The van der Waals surface area contributed by atoms with Crippen molar-refractivity contribution in [3.63, 3.8) is 0 Å². The van der Waals surface area contributed by atoms with Crippen LogP contribution in [-0.2, 0) is 0 Å². The van der Waals surface area contributed by atoms with Crippen LogP contribution in [0.5, 0.6) is 11.5 Å². The molecule has 2 rings (SSSR count). The van der Waals surface area contributed by atoms with E-state index in [0.29, 0.717) is 11.5 Å². The van der Waals surface area contributed by atoms with Gasteiger partial charge in [0.15, 0.2) is 0 Å². The fourth-order valence-corrected chi connectivity index (χ4v) is 2.59. The summed E-state index contributed by atoms with van der Waals surface area (Å²) in [5, 5.41) is 13.5. The van der Waals surface area contributed by atoms with Crippen molar-refractivity contribution in [1.82, 2.24) is 0 Å². The lowest BCUT2D eigenvalue weighted by Gasteiger charge is -2.12. The quantitative estimate of drug-likeness (QED) is 0.887. The van der Waals surface area contributed by atoms with Gasteiger partial charge >= 0.3 is 5.97 Å². The number of carbonyl (C=O) groups is 2. The molecule has 0 bridgehead atoms. The fourth-order valence-electron chi connectivity index (χ4n) is 1.82. The molecule has 1 aromatic heterocycles. The van der Waals surface area contributed by atoms with E-state index in [1.54, 1.807) is 23.6 Å². The van der Waals surface area contributed by atoms with Gasteiger partial charge in [-0.1, -0.05) is 6.07 Å². The maximum absolute atomic E-state index is 12.4. The Hall–Kier alpha value is -2.54. The number of thiophene rings is 1. The van der Waals surface area contributed by atoms with Crippen molar-refractivity contribution in [2.45, 2.75) is 0 Å². The second-order valence-electron chi connectivity index (χ2n) is 3.96. The Morgan fingerprint density at radius 2 is 1.76 bits per heavy atom. The molecule has 21 heavy (non-hydrogen) atoms. The first kappa shape index (κ1) is 14.9. The topological polar surface area (TPSA) is 84.9 Å². The van der Waals surface area contributed by atoms with Crippen molar-refractivity contribution in [2.75, 3.05) is 19.5 Å². The average Bonchev–Trinajstić information content (AvgIpc) is 2.94. The molecule has 0 unspecified atom stereocenters. The van der Waals surface area contributed by atoms with Gasteiger partial charge < -0.3 is 19.9 Å². The van der Waals surface area contributed by atoms with Gasteiger partial charge in [-0.3, -0.25) is 4.79 Å². The zero-order valence-corrected chi connectivity index (χ0v) is 12.2. The van der Waals surface area contributed by atoms with Crippen LogP contribution >= 0.6 is 11.3 Å². The second-order valence-corrected chi connectivity index (χ2v) is 4.88. The van der Waals surface area contributed by atoms with Crippen LogP contribution in [0.4, 0.5) is 5.00 Å². The highest BCUT2D eigenvalue weighted by atomic mass is 32.1. The number of anilines is 1. The number of carboxylic acid groups (broad SMARTS) is 1. The Kier molecular flexibility index (Phi) is 4.44. The van der Waals surface area contributed by atoms with Gasteiger partial charge in [-0.05, 0) is 23.6 Å². The minimum Gasteiger partial charge on any atom is -0.496 e. The molecular weight excluding hydrogens is 294 g/mol. The van der Waals surface area contributed by atoms with Crippen LogP contribution in [0.25, 0.3) is 0 Å². The lowest BCUT2D eigenvalue weighted by molar-refractivity contribution is 0.0698. The Morgan fingerprint density at radius 3 is 2.29 bits per heavy atom. The van der Waals surface area contributed by atoms with Crippen LogP contribution in [0.2, 0.25) is 0 Å². The molecule has 1 amide bonds. The van der Waals surface area contributed by atoms with Crippen molar-refractivity contribution in [3.05, 3.63) is 40.8 Å². The van der Waals surface area contributed by atoms with Crippen molar-refractivity contribution in [2.24, 2.45) is 0 Å². The van der Waals surface area contributed by atoms with E-state index in [-0.39, 0.29) is 16.1 Å². The van der Waals surface area contributed by atoms with E-state index >= 15 is 0 Å². The molecule has 0 atom stereocenters. The van der Waals surface area contributed by atoms with Crippen LogP contribution < -0.4 is 14.8 Å². The number of amides is 1. The fraction of sp³-hybridized carbons (Fsp3) is 0.143. The van der Waals surface area contributed by atoms with Gasteiger partial charge in [0.05, 0.1) is 19.8 Å². The summed E-state index contributed by atoms with van der Waals surface area (Å²) in [6.07, 6.45) is 0. The summed E-state index contributed by atoms with van der Waals surface area (Å²) in [5.74, 6) is -0.895. The number of hydrogen-bond acceptors (Lipinski definition) is 5. The summed E-state index contributed by atoms with van der Waals surface area (Å²) in [6, 6.07) is 6.39. The summed E-state index contributed by atoms with van der Waals surface area (Å²) >= 11 is 1.13. The largest absolute Gasteiger partial charge is 0.496 e. The van der Waals surface area contributed by atoms with Crippen molar-refractivity contribution >= 4 is 28.2 Å². The summed E-state index contributed by atoms with van der Waals surface area (Å²) in [6.45, 7) is 0. The van der Waals surface area contributed by atoms with Gasteiger partial charge in [-0.15, -0.1) is 11.3 Å². The molecule has 0 saturated heterocycles. The number of carbonyl (C=O) groups excluding carboxylic acids is 1. The Labute approximate surface area is 124 Å². The summed E-state index contributed by atoms with van der Waals surface area (Å²) < 4.78 is 10.3. The third kappa shape index (κ3) is 2.97. The molecule has 7 heteroatoms. The Balaban J connectivity index is 2.37. The molecule has 0 aliphatic heterocycles. The van der Waals surface area contributed by atoms with E-state index in [1.807, 2.05) is 0 Å². The molecule has 110 valence electrons. The summed E-state index contributed by atoms with van der Waals surface area (Å²) in [4.78, 5) is 23.4. The van der Waals surface area contributed by atoms with Gasteiger partial charge in [0.25, 0.3) is 5.91 Å². The number of methoxy groups -OCH3 is 2. The number of benzene rings is 1. The van der Waals surface area contributed by atoms with Crippen LogP contribution in [0.1, 0.15) is 20.7 Å². The van der Waals surface area contributed by atoms with E-state index in [1.165, 1.54) is 20.3 Å². The van der Waals surface area contributed by atoms with Crippen LogP contribution in [-0.4, -0.2) is 31.2 Å². The Morgan fingerprint density at radius 1 is 1.14 bits per heavy atom. The molecule has 1 aromatic carbocycles. The van der Waals surface area contributed by atoms with E-state index < -0.39 is 11.9 Å². The third-order valence-corrected chi connectivity index (χ3v) is 3.61. The SMILES string of the molecule is COc1cccc(OC)c1C(=O)Nc1sccc1C(=O)O. The number of nitrogens with one attached hydrogen (secondary N) is 1. The number of ether oxygens (including phenoxy) is 2. The first-order valence-corrected chi connectivity index (χ1v) is 6.79. The Bertz CT molecular complexity index is 658. The highest BCUT2D eigenvalue weighted by molar-refractivity contribution is 7.14. The van der Waals surface area contributed by atoms with Gasteiger partial charge in [-0.25, -0.2) is 4.79 Å². The van der Waals surface area contributed by atoms with Crippen LogP contribution in [0.3, 0.4) is 0 Å². The number of carboxylic acids is 1. The molecule has 0 spiro atoms. The lowest BCUT2D eigenvalue weighted by Crippen LogP contribution is -2.15. The van der Waals surface area contributed by atoms with Crippen LogP contribution in [0.15, 0.2) is 29.6 Å². The first-order valence-electron chi connectivity index (χ1n) is 5.91. The molecule has 6 nitrogen and oxygen atoms in total. The number of aromatic carboxylic acids is 1. The number of hydrogen-bond donors (Lipinski definition) is 2. The zero-order valence-electron chi connectivity index (χ0n) is 11.4. The molecule has 0 radical (unpaired) electrons. The molecule has 0 saturated carbocycles. The first-order chi connectivity index (χ1) is 10.1. The van der Waals surface area contributed by atoms with Gasteiger partial charge in [0.2, 0.25) is 0 Å². The second kappa shape index (κ2) is 6.27. The molecular formula is C14H13NO5S. The lowest BCUT2D eigenvalue weighted by atomic mass is 10.1. The van der Waals surface area contributed by atoms with Gasteiger partial charge in [-0.2, -0.15) is 0 Å². The third-order valence-electron chi connectivity index (χ3n) is 2.78. The summed E-state index contributed by atoms with van der Waals surface area (Å²) in [7, 11) is 2.89. The molecule has 0 fully saturated rings. The van der Waals surface area contributed by atoms with Gasteiger partial charge in [0.1, 0.15) is 22.1 Å². The normalized spacial score (nSPS) is 10.0. The minimum absolute atomic E-state index is 0.0437. The van der Waals surface area contributed by atoms with Crippen molar-refractivity contribution in [3.8, 4) is 11.5 Å². The zero-order chi connectivity index (χ0) is 15.4. The van der Waals surface area contributed by atoms with Crippen molar-refractivity contribution < 1.29 is 24.2 Å². The van der Waals surface area contributed by atoms with Crippen molar-refractivity contribution in [1.29, 1.82) is 0 Å². The van der Waals surface area contributed by atoms with E-state index in [9.17, 15) is 9.59 Å². The molecule has 0 aliphatic carbocycles. The number of rotatable bonds is 5. The molecule has 0 aliphatic rings. The van der Waals surface area contributed by atoms with E-state index in [0.717, 1.165) is 11.3 Å². The van der Waals surface area contributed by atoms with E-state index in [2.05, 4.69) is 5.32 Å². The smallest absolute Gasteiger partial charge is 0.338 e. The molecule has 2 aromatic rings. The average molecular weight is 307 g/mol. The predicted molar refractivity (Wildman–Crippen MR) is 78.8 cm³/mol. The predicted octanol–water partition coefficient (Wildman–Crippen LogP) is 2.72. The monoisotopic (exact) mass is 307 g/mol. The maximum atomic E-state index is 12.4. The molecule has 2 N–H and O–H groups in total.